The number of hydrogen-bond donors (Lipinski definition) is 0. The summed E-state index contributed by atoms with van der Waals surface area (Å²) in [6, 6.07) is 0. The molecule has 0 saturated carbocycles. The first kappa shape index (κ1) is 17.3. The number of alkyl halides is 1. The molecular formula is C17H34ClN. The van der Waals surface area contributed by atoms with Gasteiger partial charge in [0.05, 0.1) is 0 Å². The Balaban J connectivity index is 1.77. The van der Waals surface area contributed by atoms with Crippen LogP contribution in [0, 0.1) is 5.92 Å². The number of hydrogen-bond acceptors (Lipinski definition) is 1. The smallest absolute Gasteiger partial charge is 0.0264 e. The molecule has 1 unspecified atom stereocenters. The summed E-state index contributed by atoms with van der Waals surface area (Å²) in [4.78, 5) is 2.61. The lowest BCUT2D eigenvalue weighted by molar-refractivity contribution is 0.318. The molecule has 1 rings (SSSR count). The van der Waals surface area contributed by atoms with Gasteiger partial charge < -0.3 is 4.90 Å². The van der Waals surface area contributed by atoms with Gasteiger partial charge in [-0.25, -0.2) is 0 Å². The van der Waals surface area contributed by atoms with Gasteiger partial charge in [0.15, 0.2) is 0 Å². The molecule has 1 fully saturated rings. The second-order valence-electron chi connectivity index (χ2n) is 6.29. The Hall–Kier alpha value is 0.250. The van der Waals surface area contributed by atoms with Crippen LogP contribution in [0.3, 0.4) is 0 Å². The topological polar surface area (TPSA) is 3.24 Å². The maximum atomic E-state index is 5.91. The summed E-state index contributed by atoms with van der Waals surface area (Å²) in [6.07, 6.45) is 15.7. The zero-order chi connectivity index (χ0) is 13.8. The lowest BCUT2D eigenvalue weighted by Gasteiger charge is -2.14. The molecule has 0 bridgehead atoms. The van der Waals surface area contributed by atoms with E-state index in [0.29, 0.717) is 0 Å². The second kappa shape index (κ2) is 12.0. The lowest BCUT2D eigenvalue weighted by atomic mass is 10.1. The number of halogens is 1. The van der Waals surface area contributed by atoms with Crippen LogP contribution in [0.2, 0.25) is 0 Å². The largest absolute Gasteiger partial charge is 0.303 e. The molecule has 1 atom stereocenters. The number of likely N-dealkylation sites (tertiary alicyclic amines) is 1. The molecule has 0 spiro atoms. The van der Waals surface area contributed by atoms with E-state index in [4.69, 9.17) is 11.6 Å². The van der Waals surface area contributed by atoms with Crippen LogP contribution < -0.4 is 0 Å². The van der Waals surface area contributed by atoms with Gasteiger partial charge in [-0.15, -0.1) is 11.6 Å². The van der Waals surface area contributed by atoms with Crippen molar-refractivity contribution in [3.63, 3.8) is 0 Å². The van der Waals surface area contributed by atoms with E-state index in [9.17, 15) is 0 Å². The first-order valence-corrected chi connectivity index (χ1v) is 9.18. The quantitative estimate of drug-likeness (QED) is 0.340. The minimum absolute atomic E-state index is 0.768. The van der Waals surface area contributed by atoms with Crippen molar-refractivity contribution in [2.45, 2.75) is 77.6 Å². The van der Waals surface area contributed by atoms with Gasteiger partial charge in [-0.05, 0) is 31.8 Å². The van der Waals surface area contributed by atoms with Crippen LogP contribution in [0.1, 0.15) is 77.6 Å². The fraction of sp³-hybridized carbons (Fsp3) is 1.00. The number of nitrogens with zero attached hydrogens (tertiary/aromatic N) is 1. The molecule has 114 valence electrons. The normalized spacial score (nSPS) is 20.2. The molecule has 0 aromatic carbocycles. The monoisotopic (exact) mass is 287 g/mol. The van der Waals surface area contributed by atoms with Crippen molar-refractivity contribution in [3.8, 4) is 0 Å². The summed E-state index contributed by atoms with van der Waals surface area (Å²) < 4.78 is 0. The van der Waals surface area contributed by atoms with Crippen molar-refractivity contribution in [1.29, 1.82) is 0 Å². The molecule has 1 heterocycles. The van der Waals surface area contributed by atoms with Crippen LogP contribution in [-0.4, -0.2) is 30.4 Å². The molecule has 19 heavy (non-hydrogen) atoms. The van der Waals surface area contributed by atoms with E-state index in [1.807, 2.05) is 0 Å². The van der Waals surface area contributed by atoms with E-state index in [1.165, 1.54) is 90.3 Å². The Morgan fingerprint density at radius 1 is 0.895 bits per heavy atom. The van der Waals surface area contributed by atoms with Crippen molar-refractivity contribution in [2.24, 2.45) is 5.92 Å². The third-order valence-electron chi connectivity index (χ3n) is 4.42. The van der Waals surface area contributed by atoms with Gasteiger partial charge in [-0.2, -0.15) is 0 Å². The van der Waals surface area contributed by atoms with Gasteiger partial charge in [-0.1, -0.05) is 64.7 Å². The second-order valence-corrected chi connectivity index (χ2v) is 6.60. The Morgan fingerprint density at radius 2 is 1.47 bits per heavy atom. The molecule has 1 nitrogen and oxygen atoms in total. The molecule has 0 aromatic rings. The standard InChI is InChI=1S/C17H34ClN/c1-2-3-4-5-6-7-8-9-10-11-13-19-14-12-17(15-18)16-19/h17H,2-16H2,1H3. The van der Waals surface area contributed by atoms with Gasteiger partial charge in [0.1, 0.15) is 0 Å². The molecule has 0 amide bonds. The Kier molecular flexibility index (Phi) is 11.0. The summed E-state index contributed by atoms with van der Waals surface area (Å²) in [6.45, 7) is 6.13. The fourth-order valence-corrected chi connectivity index (χ4v) is 3.32. The predicted octanol–water partition coefficient (Wildman–Crippen LogP) is 5.47. The summed E-state index contributed by atoms with van der Waals surface area (Å²) >= 11 is 5.91. The SMILES string of the molecule is CCCCCCCCCCCCN1CCC(CCl)C1. The number of unbranched alkanes of at least 4 members (excludes halogenated alkanes) is 9. The highest BCUT2D eigenvalue weighted by atomic mass is 35.5. The van der Waals surface area contributed by atoms with Crippen LogP contribution in [0.15, 0.2) is 0 Å². The Bertz CT molecular complexity index is 196. The number of rotatable bonds is 12. The average molecular weight is 288 g/mol. The molecule has 1 aliphatic rings. The summed E-state index contributed by atoms with van der Waals surface area (Å²) in [5, 5.41) is 0. The van der Waals surface area contributed by atoms with Crippen molar-refractivity contribution >= 4 is 11.6 Å². The van der Waals surface area contributed by atoms with E-state index in [1.54, 1.807) is 0 Å². The zero-order valence-corrected chi connectivity index (χ0v) is 13.8. The summed E-state index contributed by atoms with van der Waals surface area (Å²) in [5.74, 6) is 1.62. The van der Waals surface area contributed by atoms with Gasteiger partial charge in [0, 0.05) is 12.4 Å². The first-order chi connectivity index (χ1) is 9.36. The van der Waals surface area contributed by atoms with Crippen molar-refractivity contribution in [1.82, 2.24) is 4.90 Å². The van der Waals surface area contributed by atoms with E-state index in [-0.39, 0.29) is 0 Å². The van der Waals surface area contributed by atoms with Crippen molar-refractivity contribution < 1.29 is 0 Å². The average Bonchev–Trinajstić information content (AvgIpc) is 2.89. The predicted molar refractivity (Wildman–Crippen MR) is 87.1 cm³/mol. The lowest BCUT2D eigenvalue weighted by Crippen LogP contribution is -2.22. The summed E-state index contributed by atoms with van der Waals surface area (Å²) in [7, 11) is 0. The first-order valence-electron chi connectivity index (χ1n) is 8.65. The molecular weight excluding hydrogens is 254 g/mol. The molecule has 1 aliphatic heterocycles. The fourth-order valence-electron chi connectivity index (χ4n) is 3.06. The van der Waals surface area contributed by atoms with Gasteiger partial charge in [0.2, 0.25) is 0 Å². The maximum absolute atomic E-state index is 5.91. The van der Waals surface area contributed by atoms with E-state index >= 15 is 0 Å². The van der Waals surface area contributed by atoms with E-state index < -0.39 is 0 Å². The Morgan fingerprint density at radius 3 is 2.00 bits per heavy atom. The molecule has 1 saturated heterocycles. The van der Waals surface area contributed by atoms with E-state index in [2.05, 4.69) is 11.8 Å². The maximum Gasteiger partial charge on any atom is 0.0264 e. The van der Waals surface area contributed by atoms with Gasteiger partial charge >= 0.3 is 0 Å². The van der Waals surface area contributed by atoms with Gasteiger partial charge in [0.25, 0.3) is 0 Å². The molecule has 2 heteroatoms. The minimum atomic E-state index is 0.768. The zero-order valence-electron chi connectivity index (χ0n) is 13.0. The minimum Gasteiger partial charge on any atom is -0.303 e. The van der Waals surface area contributed by atoms with Crippen molar-refractivity contribution in [2.75, 3.05) is 25.5 Å². The third-order valence-corrected chi connectivity index (χ3v) is 4.85. The van der Waals surface area contributed by atoms with Crippen LogP contribution in [0.25, 0.3) is 0 Å². The molecule has 0 aromatic heterocycles. The summed E-state index contributed by atoms with van der Waals surface area (Å²) in [5.41, 5.74) is 0. The van der Waals surface area contributed by atoms with Crippen LogP contribution >= 0.6 is 11.6 Å². The Labute approximate surface area is 126 Å². The van der Waals surface area contributed by atoms with Crippen molar-refractivity contribution in [3.05, 3.63) is 0 Å². The molecule has 0 radical (unpaired) electrons. The van der Waals surface area contributed by atoms with E-state index in [0.717, 1.165) is 11.8 Å². The third kappa shape index (κ3) is 8.92. The highest BCUT2D eigenvalue weighted by Gasteiger charge is 2.20. The molecule has 0 aliphatic carbocycles. The highest BCUT2D eigenvalue weighted by molar-refractivity contribution is 6.18. The molecule has 0 N–H and O–H groups in total. The van der Waals surface area contributed by atoms with Crippen LogP contribution in [-0.2, 0) is 0 Å². The van der Waals surface area contributed by atoms with Crippen LogP contribution in [0.4, 0.5) is 0 Å². The van der Waals surface area contributed by atoms with Crippen LogP contribution in [0.5, 0.6) is 0 Å². The van der Waals surface area contributed by atoms with Gasteiger partial charge in [-0.3, -0.25) is 0 Å². The highest BCUT2D eigenvalue weighted by Crippen LogP contribution is 2.18.